The number of nitrogens with one attached hydrogen (secondary N) is 1. The quantitative estimate of drug-likeness (QED) is 0.626. The molecule has 0 radical (unpaired) electrons. The van der Waals surface area contributed by atoms with Crippen LogP contribution < -0.4 is 5.32 Å². The van der Waals surface area contributed by atoms with Gasteiger partial charge in [-0.25, -0.2) is 4.79 Å². The van der Waals surface area contributed by atoms with Crippen LogP contribution in [0.5, 0.6) is 0 Å². The van der Waals surface area contributed by atoms with Crippen LogP contribution in [0.2, 0.25) is 0 Å². The van der Waals surface area contributed by atoms with Gasteiger partial charge in [0.1, 0.15) is 5.00 Å². The summed E-state index contributed by atoms with van der Waals surface area (Å²) in [4.78, 5) is 40.6. The average Bonchev–Trinajstić information content (AvgIpc) is 3.03. The van der Waals surface area contributed by atoms with E-state index in [1.807, 2.05) is 26.2 Å². The highest BCUT2D eigenvalue weighted by Gasteiger charge is 2.22. The Bertz CT molecular complexity index is 858. The molecule has 0 aliphatic heterocycles. The van der Waals surface area contributed by atoms with Crippen LogP contribution in [0.15, 0.2) is 23.7 Å². The van der Waals surface area contributed by atoms with E-state index in [0.29, 0.717) is 28.5 Å². The molecule has 8 heteroatoms. The molecule has 0 saturated carbocycles. The molecule has 2 rings (SSSR count). The van der Waals surface area contributed by atoms with Gasteiger partial charge in [0.2, 0.25) is 0 Å². The number of rotatable bonds is 9. The lowest BCUT2D eigenvalue weighted by Crippen LogP contribution is -2.22. The molecule has 2 aromatic rings. The number of ether oxygens (including phenoxy) is 2. The summed E-state index contributed by atoms with van der Waals surface area (Å²) in [5.41, 5.74) is 2.77. The van der Waals surface area contributed by atoms with Gasteiger partial charge in [-0.3, -0.25) is 14.6 Å². The molecule has 0 unspecified atom stereocenters. The molecule has 156 valence electrons. The SMILES string of the molecule is CCOC(=O)c1c(CC(C)C)csc1NC(=O)COC(=O)Cc1ccc(C)nc1. The van der Waals surface area contributed by atoms with E-state index in [9.17, 15) is 14.4 Å². The van der Waals surface area contributed by atoms with E-state index >= 15 is 0 Å². The number of thiophene rings is 1. The molecule has 0 spiro atoms. The molecule has 0 aromatic carbocycles. The summed E-state index contributed by atoms with van der Waals surface area (Å²) < 4.78 is 10.2. The number of carbonyl (C=O) groups is 3. The minimum Gasteiger partial charge on any atom is -0.462 e. The third-order valence-corrected chi connectivity index (χ3v) is 4.86. The van der Waals surface area contributed by atoms with E-state index in [1.54, 1.807) is 25.3 Å². The van der Waals surface area contributed by atoms with Gasteiger partial charge >= 0.3 is 11.9 Å². The molecule has 7 nitrogen and oxygen atoms in total. The Morgan fingerprint density at radius 1 is 1.21 bits per heavy atom. The van der Waals surface area contributed by atoms with Crippen molar-refractivity contribution in [3.05, 3.63) is 46.1 Å². The number of aryl methyl sites for hydroxylation is 1. The van der Waals surface area contributed by atoms with Crippen LogP contribution in [0.3, 0.4) is 0 Å². The number of pyridine rings is 1. The number of amides is 1. The van der Waals surface area contributed by atoms with Crippen molar-refractivity contribution >= 4 is 34.2 Å². The number of nitrogens with zero attached hydrogens (tertiary/aromatic N) is 1. The summed E-state index contributed by atoms with van der Waals surface area (Å²) in [6.45, 7) is 7.50. The van der Waals surface area contributed by atoms with Gasteiger partial charge in [0.15, 0.2) is 6.61 Å². The summed E-state index contributed by atoms with van der Waals surface area (Å²) in [6, 6.07) is 3.59. The van der Waals surface area contributed by atoms with Crippen LogP contribution in [0.25, 0.3) is 0 Å². The maximum absolute atomic E-state index is 12.3. The summed E-state index contributed by atoms with van der Waals surface area (Å²) in [6.07, 6.45) is 2.33. The number of hydrogen-bond acceptors (Lipinski definition) is 7. The lowest BCUT2D eigenvalue weighted by molar-refractivity contribution is -0.146. The first-order valence-corrected chi connectivity index (χ1v) is 10.3. The second kappa shape index (κ2) is 10.7. The molecule has 0 aliphatic carbocycles. The molecular formula is C21H26N2O5S. The zero-order valence-corrected chi connectivity index (χ0v) is 17.9. The van der Waals surface area contributed by atoms with Gasteiger partial charge in [-0.05, 0) is 48.8 Å². The van der Waals surface area contributed by atoms with E-state index in [-0.39, 0.29) is 13.0 Å². The number of hydrogen-bond donors (Lipinski definition) is 1. The molecule has 0 saturated heterocycles. The molecule has 29 heavy (non-hydrogen) atoms. The van der Waals surface area contributed by atoms with Crippen molar-refractivity contribution in [3.63, 3.8) is 0 Å². The van der Waals surface area contributed by atoms with Crippen LogP contribution in [0.1, 0.15) is 48.0 Å². The fourth-order valence-corrected chi connectivity index (χ4v) is 3.61. The summed E-state index contributed by atoms with van der Waals surface area (Å²) in [5, 5.41) is 4.91. The molecule has 2 aromatic heterocycles. The number of esters is 2. The number of anilines is 1. The Balaban J connectivity index is 1.97. The normalized spacial score (nSPS) is 10.7. The zero-order valence-electron chi connectivity index (χ0n) is 17.1. The van der Waals surface area contributed by atoms with Crippen molar-refractivity contribution in [1.82, 2.24) is 4.98 Å². The second-order valence-corrected chi connectivity index (χ2v) is 7.86. The average molecular weight is 419 g/mol. The topological polar surface area (TPSA) is 94.6 Å². The van der Waals surface area contributed by atoms with Gasteiger partial charge in [0, 0.05) is 11.9 Å². The fourth-order valence-electron chi connectivity index (χ4n) is 2.63. The third kappa shape index (κ3) is 6.98. The molecule has 1 N–H and O–H groups in total. The largest absolute Gasteiger partial charge is 0.462 e. The molecule has 0 atom stereocenters. The van der Waals surface area contributed by atoms with Gasteiger partial charge in [-0.1, -0.05) is 19.9 Å². The van der Waals surface area contributed by atoms with E-state index in [0.717, 1.165) is 11.3 Å². The monoisotopic (exact) mass is 418 g/mol. The molecular weight excluding hydrogens is 392 g/mol. The Morgan fingerprint density at radius 3 is 2.59 bits per heavy atom. The highest BCUT2D eigenvalue weighted by atomic mass is 32.1. The second-order valence-electron chi connectivity index (χ2n) is 6.98. The Labute approximate surface area is 174 Å². The maximum Gasteiger partial charge on any atom is 0.341 e. The van der Waals surface area contributed by atoms with Gasteiger partial charge in [-0.15, -0.1) is 11.3 Å². The zero-order chi connectivity index (χ0) is 21.4. The summed E-state index contributed by atoms with van der Waals surface area (Å²) >= 11 is 1.26. The first-order chi connectivity index (χ1) is 13.8. The van der Waals surface area contributed by atoms with Gasteiger partial charge in [-0.2, -0.15) is 0 Å². The van der Waals surface area contributed by atoms with Gasteiger partial charge in [0.05, 0.1) is 18.6 Å². The first-order valence-electron chi connectivity index (χ1n) is 9.44. The van der Waals surface area contributed by atoms with Crippen LogP contribution in [-0.4, -0.2) is 36.0 Å². The predicted molar refractivity (Wildman–Crippen MR) is 111 cm³/mol. The molecule has 0 aliphatic rings. The molecule has 0 bridgehead atoms. The predicted octanol–water partition coefficient (Wildman–Crippen LogP) is 3.55. The Kier molecular flexibility index (Phi) is 8.33. The number of aromatic nitrogens is 1. The van der Waals surface area contributed by atoms with E-state index in [1.165, 1.54) is 11.3 Å². The van der Waals surface area contributed by atoms with Crippen LogP contribution >= 0.6 is 11.3 Å². The lowest BCUT2D eigenvalue weighted by Gasteiger charge is -2.10. The van der Waals surface area contributed by atoms with Gasteiger partial charge < -0.3 is 14.8 Å². The minimum atomic E-state index is -0.525. The van der Waals surface area contributed by atoms with Gasteiger partial charge in [0.25, 0.3) is 5.91 Å². The number of carbonyl (C=O) groups excluding carboxylic acids is 3. The smallest absolute Gasteiger partial charge is 0.341 e. The van der Waals surface area contributed by atoms with E-state index in [2.05, 4.69) is 10.3 Å². The first kappa shape index (κ1) is 22.5. The highest BCUT2D eigenvalue weighted by Crippen LogP contribution is 2.30. The lowest BCUT2D eigenvalue weighted by atomic mass is 10.0. The maximum atomic E-state index is 12.3. The van der Waals surface area contributed by atoms with Crippen LogP contribution in [0.4, 0.5) is 5.00 Å². The van der Waals surface area contributed by atoms with Crippen molar-refractivity contribution < 1.29 is 23.9 Å². The highest BCUT2D eigenvalue weighted by molar-refractivity contribution is 7.15. The van der Waals surface area contributed by atoms with Crippen molar-refractivity contribution in [3.8, 4) is 0 Å². The van der Waals surface area contributed by atoms with E-state index < -0.39 is 24.5 Å². The standard InChI is InChI=1S/C21H26N2O5S/c1-5-27-21(26)19-16(8-13(2)3)12-29-20(19)23-17(24)11-28-18(25)9-15-7-6-14(4)22-10-15/h6-7,10,12-13H,5,8-9,11H2,1-4H3,(H,23,24). The van der Waals surface area contributed by atoms with Crippen molar-refractivity contribution in [1.29, 1.82) is 0 Å². The minimum absolute atomic E-state index is 0.0339. The van der Waals surface area contributed by atoms with Crippen molar-refractivity contribution in [2.45, 2.75) is 40.5 Å². The Hall–Kier alpha value is -2.74. The molecule has 1 amide bonds. The van der Waals surface area contributed by atoms with E-state index in [4.69, 9.17) is 9.47 Å². The fraction of sp³-hybridized carbons (Fsp3) is 0.429. The summed E-state index contributed by atoms with van der Waals surface area (Å²) in [5.74, 6) is -1.16. The molecule has 2 heterocycles. The van der Waals surface area contributed by atoms with Crippen LogP contribution in [-0.2, 0) is 31.9 Å². The Morgan fingerprint density at radius 2 is 1.97 bits per heavy atom. The van der Waals surface area contributed by atoms with Crippen molar-refractivity contribution in [2.75, 3.05) is 18.5 Å². The van der Waals surface area contributed by atoms with Crippen molar-refractivity contribution in [2.24, 2.45) is 5.92 Å². The van der Waals surface area contributed by atoms with Crippen LogP contribution in [0, 0.1) is 12.8 Å². The third-order valence-electron chi connectivity index (χ3n) is 3.91. The summed E-state index contributed by atoms with van der Waals surface area (Å²) in [7, 11) is 0. The molecule has 0 fully saturated rings.